The van der Waals surface area contributed by atoms with Crippen LogP contribution in [0.3, 0.4) is 0 Å². The highest BCUT2D eigenvalue weighted by Gasteiger charge is 2.16. The third-order valence-electron chi connectivity index (χ3n) is 4.11. The first-order valence-electron chi connectivity index (χ1n) is 8.07. The molecule has 0 aliphatic carbocycles. The van der Waals surface area contributed by atoms with Gasteiger partial charge in [0.25, 0.3) is 0 Å². The lowest BCUT2D eigenvalue weighted by molar-refractivity contribution is -0.394. The van der Waals surface area contributed by atoms with Crippen LogP contribution in [0.1, 0.15) is 29.9 Å². The molecule has 1 aromatic heterocycles. The van der Waals surface area contributed by atoms with Gasteiger partial charge in [-0.25, -0.2) is 8.78 Å². The van der Waals surface area contributed by atoms with Gasteiger partial charge in [0.15, 0.2) is 0 Å². The van der Waals surface area contributed by atoms with Crippen LogP contribution in [0.4, 0.5) is 14.7 Å². The van der Waals surface area contributed by atoms with Crippen molar-refractivity contribution in [1.29, 1.82) is 0 Å². The van der Waals surface area contributed by atoms with Crippen LogP contribution in [0.2, 0.25) is 0 Å². The van der Waals surface area contributed by atoms with E-state index in [9.17, 15) is 18.9 Å². The third-order valence-corrected chi connectivity index (χ3v) is 4.11. The van der Waals surface area contributed by atoms with Gasteiger partial charge in [-0.2, -0.15) is 4.68 Å². The molecule has 0 spiro atoms. The number of aromatic nitrogens is 3. The largest absolute Gasteiger partial charge is 0.490 e. The summed E-state index contributed by atoms with van der Waals surface area (Å²) in [5.74, 6) is -1.11. The molecule has 26 heavy (non-hydrogen) atoms. The molecule has 6 nitrogen and oxygen atoms in total. The van der Waals surface area contributed by atoms with Crippen molar-refractivity contribution in [2.75, 3.05) is 0 Å². The van der Waals surface area contributed by atoms with Gasteiger partial charge in [-0.05, 0) is 53.2 Å². The van der Waals surface area contributed by atoms with E-state index in [2.05, 4.69) is 10.1 Å². The second kappa shape index (κ2) is 7.81. The number of halogens is 2. The molecule has 0 radical (unpaired) electrons. The van der Waals surface area contributed by atoms with Gasteiger partial charge < -0.3 is 10.1 Å². The summed E-state index contributed by atoms with van der Waals surface area (Å²) in [4.78, 5) is 13.6. The van der Waals surface area contributed by atoms with Crippen LogP contribution in [0.25, 0.3) is 0 Å². The quantitative estimate of drug-likeness (QED) is 0.471. The van der Waals surface area contributed by atoms with E-state index < -0.39 is 10.9 Å². The van der Waals surface area contributed by atoms with Crippen LogP contribution in [-0.2, 0) is 6.54 Å². The Morgan fingerprint density at radius 2 is 1.54 bits per heavy atom. The number of benzene rings is 2. The number of nitrogens with zero attached hydrogens (tertiary/aromatic N) is 4. The van der Waals surface area contributed by atoms with E-state index in [-0.39, 0.29) is 17.6 Å². The van der Waals surface area contributed by atoms with Crippen LogP contribution < -0.4 is 0 Å². The van der Waals surface area contributed by atoms with Gasteiger partial charge in [0.1, 0.15) is 11.6 Å². The topological polar surface area (TPSA) is 73.8 Å². The Kier molecular flexibility index (Phi) is 5.31. The lowest BCUT2D eigenvalue weighted by Crippen LogP contribution is -2.05. The molecule has 1 heterocycles. The summed E-state index contributed by atoms with van der Waals surface area (Å²) in [6.45, 7) is 0.458. The molecule has 0 atom stereocenters. The Balaban J connectivity index is 1.73. The van der Waals surface area contributed by atoms with E-state index in [1.165, 1.54) is 35.3 Å². The number of nitro groups is 1. The summed E-state index contributed by atoms with van der Waals surface area (Å²) in [6, 6.07) is 12.4. The fourth-order valence-corrected chi connectivity index (χ4v) is 2.85. The Labute approximate surface area is 148 Å². The zero-order chi connectivity index (χ0) is 18.5. The van der Waals surface area contributed by atoms with Gasteiger partial charge in [-0.15, -0.1) is 0 Å². The highest BCUT2D eigenvalue weighted by Crippen LogP contribution is 2.30. The predicted octanol–water partition coefficient (Wildman–Crippen LogP) is 4.08. The molecule has 0 aliphatic rings. The number of hydrogen-bond acceptors (Lipinski definition) is 4. The van der Waals surface area contributed by atoms with E-state index in [0.717, 1.165) is 11.1 Å². The summed E-state index contributed by atoms with van der Waals surface area (Å²) in [5.41, 5.74) is 1.84. The van der Waals surface area contributed by atoms with Crippen molar-refractivity contribution >= 4 is 5.95 Å². The number of aryl methyl sites for hydroxylation is 1. The monoisotopic (exact) mass is 358 g/mol. The molecule has 0 amide bonds. The van der Waals surface area contributed by atoms with Crippen molar-refractivity contribution in [2.45, 2.75) is 25.3 Å². The lowest BCUT2D eigenvalue weighted by atomic mass is 9.87. The Hall–Kier alpha value is -3.16. The Bertz CT molecular complexity index is 833. The highest BCUT2D eigenvalue weighted by molar-refractivity contribution is 5.32. The second-order valence-corrected chi connectivity index (χ2v) is 5.86. The number of rotatable bonds is 7. The molecule has 0 aliphatic heterocycles. The van der Waals surface area contributed by atoms with Crippen molar-refractivity contribution in [3.63, 3.8) is 0 Å². The minimum atomic E-state index is -0.643. The summed E-state index contributed by atoms with van der Waals surface area (Å²) in [7, 11) is 0. The van der Waals surface area contributed by atoms with E-state index in [1.807, 2.05) is 0 Å². The SMILES string of the molecule is O=[N+]([O-])c1ncn(CCCC(c2ccc(F)cc2)c2ccc(F)cc2)n1. The van der Waals surface area contributed by atoms with Gasteiger partial charge in [0, 0.05) is 11.0 Å². The molecule has 3 aromatic rings. The molecule has 0 N–H and O–H groups in total. The average molecular weight is 358 g/mol. The van der Waals surface area contributed by atoms with Gasteiger partial charge in [-0.1, -0.05) is 29.2 Å². The molecule has 0 saturated carbocycles. The minimum absolute atomic E-state index is 0.0466. The van der Waals surface area contributed by atoms with E-state index >= 15 is 0 Å². The molecule has 8 heteroatoms. The molecule has 0 fully saturated rings. The maximum atomic E-state index is 13.2. The zero-order valence-corrected chi connectivity index (χ0v) is 13.8. The van der Waals surface area contributed by atoms with E-state index in [1.54, 1.807) is 24.3 Å². The molecular formula is C18H16F2N4O2. The van der Waals surface area contributed by atoms with Crippen molar-refractivity contribution in [2.24, 2.45) is 0 Å². The summed E-state index contributed by atoms with van der Waals surface area (Å²) >= 11 is 0. The van der Waals surface area contributed by atoms with Gasteiger partial charge in [0.05, 0.1) is 6.54 Å². The Morgan fingerprint density at radius 1 is 1.00 bits per heavy atom. The molecular weight excluding hydrogens is 342 g/mol. The summed E-state index contributed by atoms with van der Waals surface area (Å²) in [6.07, 6.45) is 2.67. The normalized spacial score (nSPS) is 11.0. The van der Waals surface area contributed by atoms with Crippen LogP contribution in [0.15, 0.2) is 54.9 Å². The van der Waals surface area contributed by atoms with Gasteiger partial charge in [0.2, 0.25) is 6.33 Å². The first-order valence-corrected chi connectivity index (χ1v) is 8.07. The van der Waals surface area contributed by atoms with E-state index in [4.69, 9.17) is 0 Å². The maximum Gasteiger partial charge on any atom is 0.490 e. The molecule has 0 bridgehead atoms. The molecule has 2 aromatic carbocycles. The standard InChI is InChI=1S/C18H16F2N4O2/c19-15-7-3-13(4-8-15)17(14-5-9-16(20)10-6-14)2-1-11-23-12-21-18(22-23)24(25)26/h3-10,12,17H,1-2,11H2. The molecule has 3 rings (SSSR count). The predicted molar refractivity (Wildman–Crippen MR) is 90.6 cm³/mol. The smallest absolute Gasteiger partial charge is 0.390 e. The second-order valence-electron chi connectivity index (χ2n) is 5.86. The van der Waals surface area contributed by atoms with Crippen LogP contribution in [-0.4, -0.2) is 19.7 Å². The van der Waals surface area contributed by atoms with E-state index in [0.29, 0.717) is 19.4 Å². The fraction of sp³-hybridized carbons (Fsp3) is 0.222. The Morgan fingerprint density at radius 3 is 2.00 bits per heavy atom. The first kappa shape index (κ1) is 17.7. The lowest BCUT2D eigenvalue weighted by Gasteiger charge is -2.18. The maximum absolute atomic E-state index is 13.2. The fourth-order valence-electron chi connectivity index (χ4n) is 2.85. The highest BCUT2D eigenvalue weighted by atomic mass is 19.1. The average Bonchev–Trinajstić information content (AvgIpc) is 3.10. The van der Waals surface area contributed by atoms with Crippen molar-refractivity contribution in [3.8, 4) is 0 Å². The van der Waals surface area contributed by atoms with Gasteiger partial charge in [-0.3, -0.25) is 0 Å². The van der Waals surface area contributed by atoms with Crippen LogP contribution in [0.5, 0.6) is 0 Å². The summed E-state index contributed by atoms with van der Waals surface area (Å²) in [5, 5.41) is 14.4. The zero-order valence-electron chi connectivity index (χ0n) is 13.8. The molecule has 0 unspecified atom stereocenters. The van der Waals surface area contributed by atoms with Crippen LogP contribution in [0, 0.1) is 21.7 Å². The molecule has 0 saturated heterocycles. The molecule has 134 valence electrons. The third kappa shape index (κ3) is 4.27. The number of hydrogen-bond donors (Lipinski definition) is 0. The summed E-state index contributed by atoms with van der Waals surface area (Å²) < 4.78 is 27.9. The van der Waals surface area contributed by atoms with Crippen molar-refractivity contribution in [3.05, 3.63) is 87.7 Å². The minimum Gasteiger partial charge on any atom is -0.390 e. The van der Waals surface area contributed by atoms with Crippen molar-refractivity contribution in [1.82, 2.24) is 14.8 Å². The first-order chi connectivity index (χ1) is 12.5. The van der Waals surface area contributed by atoms with Crippen LogP contribution >= 0.6 is 0 Å². The van der Waals surface area contributed by atoms with Gasteiger partial charge >= 0.3 is 5.95 Å². The van der Waals surface area contributed by atoms with Crippen molar-refractivity contribution < 1.29 is 13.7 Å².